The summed E-state index contributed by atoms with van der Waals surface area (Å²) in [5.74, 6) is -0.892. The molecule has 120 valence electrons. The number of benzene rings is 2. The minimum Gasteiger partial charge on any atom is -0.481 e. The number of rotatable bonds is 4. The van der Waals surface area contributed by atoms with Gasteiger partial charge in [-0.25, -0.2) is 0 Å². The molecule has 0 radical (unpaired) electrons. The molecule has 0 aromatic heterocycles. The summed E-state index contributed by atoms with van der Waals surface area (Å²) in [4.78, 5) is 13.5. The Balaban J connectivity index is 1.69. The quantitative estimate of drug-likeness (QED) is 0.926. The molecule has 0 aliphatic carbocycles. The number of carboxylic acids is 1. The van der Waals surface area contributed by atoms with Gasteiger partial charge in [0.25, 0.3) is 0 Å². The fraction of sp³-hybridized carbons (Fsp3) is 0.350. The van der Waals surface area contributed by atoms with Crippen molar-refractivity contribution in [3.05, 3.63) is 60.2 Å². The maximum Gasteiger partial charge on any atom is 0.307 e. The van der Waals surface area contributed by atoms with Crippen LogP contribution < -0.4 is 0 Å². The Labute approximate surface area is 137 Å². The molecule has 3 nitrogen and oxygen atoms in total. The maximum absolute atomic E-state index is 11.2. The van der Waals surface area contributed by atoms with Gasteiger partial charge in [0.1, 0.15) is 0 Å². The molecule has 1 N–H and O–H groups in total. The molecule has 1 heterocycles. The number of carbonyl (C=O) groups is 1. The first-order valence-electron chi connectivity index (χ1n) is 8.24. The van der Waals surface area contributed by atoms with Gasteiger partial charge in [-0.1, -0.05) is 54.6 Å². The molecule has 3 heteroatoms. The van der Waals surface area contributed by atoms with Gasteiger partial charge in [0.2, 0.25) is 0 Å². The highest BCUT2D eigenvalue weighted by Crippen LogP contribution is 2.25. The van der Waals surface area contributed by atoms with Crippen molar-refractivity contribution < 1.29 is 9.90 Å². The maximum atomic E-state index is 11.2. The molecule has 1 fully saturated rings. The van der Waals surface area contributed by atoms with Gasteiger partial charge in [-0.15, -0.1) is 0 Å². The first-order chi connectivity index (χ1) is 11.1. The Morgan fingerprint density at radius 1 is 1.04 bits per heavy atom. The predicted molar refractivity (Wildman–Crippen MR) is 92.1 cm³/mol. The van der Waals surface area contributed by atoms with Gasteiger partial charge >= 0.3 is 5.97 Å². The van der Waals surface area contributed by atoms with Crippen molar-refractivity contribution in [1.82, 2.24) is 4.90 Å². The van der Waals surface area contributed by atoms with Crippen LogP contribution in [-0.4, -0.2) is 28.6 Å². The molecular formula is C20H23NO2. The van der Waals surface area contributed by atoms with E-state index in [4.69, 9.17) is 0 Å². The van der Waals surface area contributed by atoms with Gasteiger partial charge in [-0.3, -0.25) is 9.69 Å². The lowest BCUT2D eigenvalue weighted by Gasteiger charge is -2.36. The second kappa shape index (κ2) is 6.97. The van der Waals surface area contributed by atoms with Crippen LogP contribution in [0.4, 0.5) is 0 Å². The molecule has 2 unspecified atom stereocenters. The van der Waals surface area contributed by atoms with E-state index in [1.165, 1.54) is 16.7 Å². The molecule has 2 aromatic carbocycles. The van der Waals surface area contributed by atoms with Crippen molar-refractivity contribution in [2.45, 2.75) is 32.4 Å². The minimum absolute atomic E-state index is 0.227. The topological polar surface area (TPSA) is 40.5 Å². The largest absolute Gasteiger partial charge is 0.481 e. The monoisotopic (exact) mass is 309 g/mol. The van der Waals surface area contributed by atoms with Crippen molar-refractivity contribution >= 4 is 5.97 Å². The molecule has 0 saturated carbocycles. The molecule has 2 aromatic rings. The zero-order valence-corrected chi connectivity index (χ0v) is 13.5. The lowest BCUT2D eigenvalue weighted by atomic mass is 9.93. The molecule has 0 spiro atoms. The van der Waals surface area contributed by atoms with Gasteiger partial charge in [0.15, 0.2) is 0 Å². The third-order valence-corrected chi connectivity index (χ3v) is 4.81. The van der Waals surface area contributed by atoms with Crippen LogP contribution in [0.15, 0.2) is 54.6 Å². The lowest BCUT2D eigenvalue weighted by Crippen LogP contribution is -2.43. The molecular weight excluding hydrogens is 286 g/mol. The zero-order chi connectivity index (χ0) is 16.2. The van der Waals surface area contributed by atoms with E-state index >= 15 is 0 Å². The van der Waals surface area contributed by atoms with Crippen LogP contribution in [0.25, 0.3) is 11.1 Å². The van der Waals surface area contributed by atoms with E-state index in [9.17, 15) is 9.90 Å². The van der Waals surface area contributed by atoms with E-state index in [0.29, 0.717) is 12.6 Å². The highest BCUT2D eigenvalue weighted by Gasteiger charge is 2.29. The van der Waals surface area contributed by atoms with E-state index in [-0.39, 0.29) is 5.92 Å². The van der Waals surface area contributed by atoms with E-state index in [0.717, 1.165) is 19.4 Å². The van der Waals surface area contributed by atoms with Crippen LogP contribution in [0.2, 0.25) is 0 Å². The number of piperidine rings is 1. The SMILES string of the molecule is CC1CCC(C(=O)O)CN1Cc1ccc(-c2ccccc2)cc1. The zero-order valence-electron chi connectivity index (χ0n) is 13.5. The van der Waals surface area contributed by atoms with Gasteiger partial charge in [-0.2, -0.15) is 0 Å². The summed E-state index contributed by atoms with van der Waals surface area (Å²) in [5.41, 5.74) is 3.67. The van der Waals surface area contributed by atoms with Crippen LogP contribution in [0.5, 0.6) is 0 Å². The smallest absolute Gasteiger partial charge is 0.307 e. The number of hydrogen-bond donors (Lipinski definition) is 1. The number of nitrogens with zero attached hydrogens (tertiary/aromatic N) is 1. The minimum atomic E-state index is -0.665. The molecule has 3 rings (SSSR count). The summed E-state index contributed by atoms with van der Waals surface area (Å²) in [6.07, 6.45) is 1.75. The normalized spacial score (nSPS) is 22.0. The lowest BCUT2D eigenvalue weighted by molar-refractivity contribution is -0.144. The van der Waals surface area contributed by atoms with Crippen LogP contribution in [-0.2, 0) is 11.3 Å². The van der Waals surface area contributed by atoms with Crippen LogP contribution >= 0.6 is 0 Å². The summed E-state index contributed by atoms with van der Waals surface area (Å²) < 4.78 is 0. The molecule has 1 saturated heterocycles. The molecule has 0 bridgehead atoms. The second-order valence-corrected chi connectivity index (χ2v) is 6.45. The Morgan fingerprint density at radius 2 is 1.70 bits per heavy atom. The van der Waals surface area contributed by atoms with E-state index < -0.39 is 5.97 Å². The predicted octanol–water partition coefficient (Wildman–Crippen LogP) is 4.04. The van der Waals surface area contributed by atoms with Crippen LogP contribution in [0.3, 0.4) is 0 Å². The number of likely N-dealkylation sites (tertiary alicyclic amines) is 1. The third kappa shape index (κ3) is 3.80. The van der Waals surface area contributed by atoms with E-state index in [1.54, 1.807) is 0 Å². The summed E-state index contributed by atoms with van der Waals surface area (Å²) in [6, 6.07) is 19.4. The van der Waals surface area contributed by atoms with Crippen molar-refractivity contribution in [3.8, 4) is 11.1 Å². The number of aliphatic carboxylic acids is 1. The average Bonchev–Trinajstić information content (AvgIpc) is 2.58. The molecule has 2 atom stereocenters. The van der Waals surface area contributed by atoms with Crippen molar-refractivity contribution in [1.29, 1.82) is 0 Å². The Morgan fingerprint density at radius 3 is 2.35 bits per heavy atom. The number of hydrogen-bond acceptors (Lipinski definition) is 2. The molecule has 1 aliphatic rings. The van der Waals surface area contributed by atoms with E-state index in [2.05, 4.69) is 48.2 Å². The van der Waals surface area contributed by atoms with Crippen LogP contribution in [0, 0.1) is 5.92 Å². The van der Waals surface area contributed by atoms with Gasteiger partial charge in [0, 0.05) is 19.1 Å². The summed E-state index contributed by atoms with van der Waals surface area (Å²) >= 11 is 0. The highest BCUT2D eigenvalue weighted by molar-refractivity contribution is 5.70. The Hall–Kier alpha value is -2.13. The second-order valence-electron chi connectivity index (χ2n) is 6.45. The first kappa shape index (κ1) is 15.8. The Kier molecular flexibility index (Phi) is 4.77. The van der Waals surface area contributed by atoms with Gasteiger partial charge < -0.3 is 5.11 Å². The highest BCUT2D eigenvalue weighted by atomic mass is 16.4. The third-order valence-electron chi connectivity index (χ3n) is 4.81. The van der Waals surface area contributed by atoms with Crippen molar-refractivity contribution in [2.24, 2.45) is 5.92 Å². The number of carboxylic acid groups (broad SMARTS) is 1. The molecule has 23 heavy (non-hydrogen) atoms. The van der Waals surface area contributed by atoms with Crippen molar-refractivity contribution in [2.75, 3.05) is 6.54 Å². The molecule has 0 amide bonds. The summed E-state index contributed by atoms with van der Waals surface area (Å²) in [7, 11) is 0. The summed E-state index contributed by atoms with van der Waals surface area (Å²) in [5, 5.41) is 9.24. The summed E-state index contributed by atoms with van der Waals surface area (Å²) in [6.45, 7) is 3.66. The van der Waals surface area contributed by atoms with Gasteiger partial charge in [-0.05, 0) is 36.5 Å². The fourth-order valence-corrected chi connectivity index (χ4v) is 3.27. The Bertz CT molecular complexity index is 651. The molecule has 1 aliphatic heterocycles. The van der Waals surface area contributed by atoms with Gasteiger partial charge in [0.05, 0.1) is 5.92 Å². The van der Waals surface area contributed by atoms with E-state index in [1.807, 2.05) is 18.2 Å². The fourth-order valence-electron chi connectivity index (χ4n) is 3.27. The van der Waals surface area contributed by atoms with Crippen molar-refractivity contribution in [3.63, 3.8) is 0 Å². The first-order valence-corrected chi connectivity index (χ1v) is 8.24. The van der Waals surface area contributed by atoms with Crippen LogP contribution in [0.1, 0.15) is 25.3 Å². The average molecular weight is 309 g/mol. The standard InChI is InChI=1S/C20H23NO2/c1-15-7-10-19(20(22)23)14-21(15)13-16-8-11-18(12-9-16)17-5-3-2-4-6-17/h2-6,8-9,11-12,15,19H,7,10,13-14H2,1H3,(H,22,23).